The fourth-order valence-electron chi connectivity index (χ4n) is 3.12. The molecular formula is C21H24ClN5. The third-order valence-corrected chi connectivity index (χ3v) is 4.67. The van der Waals surface area contributed by atoms with Gasteiger partial charge in [0.1, 0.15) is 5.82 Å². The Hall–Kier alpha value is -2.66. The van der Waals surface area contributed by atoms with Crippen LogP contribution in [0.3, 0.4) is 0 Å². The Morgan fingerprint density at radius 2 is 1.56 bits per heavy atom. The number of aromatic nitrogens is 3. The van der Waals surface area contributed by atoms with Crippen molar-refractivity contribution in [3.8, 4) is 0 Å². The predicted octanol–water partition coefficient (Wildman–Crippen LogP) is 5.16. The molecule has 1 heterocycles. The summed E-state index contributed by atoms with van der Waals surface area (Å²) in [4.78, 5) is 13.3. The van der Waals surface area contributed by atoms with Gasteiger partial charge in [-0.3, -0.25) is 0 Å². The Morgan fingerprint density at radius 1 is 0.889 bits per heavy atom. The van der Waals surface area contributed by atoms with Gasteiger partial charge >= 0.3 is 0 Å². The third-order valence-electron chi connectivity index (χ3n) is 4.30. The molecule has 0 saturated heterocycles. The van der Waals surface area contributed by atoms with Gasteiger partial charge in [0.05, 0.1) is 0 Å². The second-order valence-electron chi connectivity index (χ2n) is 6.70. The minimum absolute atomic E-state index is 0.540. The highest BCUT2D eigenvalue weighted by atomic mass is 35.5. The molecule has 0 aliphatic carbocycles. The number of nitrogens with zero attached hydrogens (tertiary/aromatic N) is 3. The molecule has 140 valence electrons. The summed E-state index contributed by atoms with van der Waals surface area (Å²) in [6.45, 7) is 8.81. The van der Waals surface area contributed by atoms with Gasteiger partial charge in [-0.05, 0) is 56.9 Å². The second kappa shape index (κ2) is 8.35. The molecule has 0 aliphatic heterocycles. The summed E-state index contributed by atoms with van der Waals surface area (Å²) in [6, 6.07) is 12.1. The molecule has 3 rings (SSSR count). The molecule has 0 saturated carbocycles. The van der Waals surface area contributed by atoms with Gasteiger partial charge in [0.2, 0.25) is 11.9 Å². The lowest BCUT2D eigenvalue weighted by Crippen LogP contribution is -2.11. The zero-order chi connectivity index (χ0) is 19.4. The lowest BCUT2D eigenvalue weighted by molar-refractivity contribution is 0.938. The van der Waals surface area contributed by atoms with E-state index < -0.39 is 0 Å². The maximum Gasteiger partial charge on any atom is 0.232 e. The monoisotopic (exact) mass is 381 g/mol. The lowest BCUT2D eigenvalue weighted by atomic mass is 10.1. The van der Waals surface area contributed by atoms with E-state index in [-0.39, 0.29) is 0 Å². The van der Waals surface area contributed by atoms with E-state index in [0.29, 0.717) is 24.3 Å². The first-order valence-corrected chi connectivity index (χ1v) is 9.35. The van der Waals surface area contributed by atoms with E-state index in [4.69, 9.17) is 11.6 Å². The summed E-state index contributed by atoms with van der Waals surface area (Å²) in [5, 5.41) is 7.38. The van der Waals surface area contributed by atoms with Crippen molar-refractivity contribution in [1.82, 2.24) is 15.0 Å². The average molecular weight is 382 g/mol. The lowest BCUT2D eigenvalue weighted by Gasteiger charge is -2.14. The van der Waals surface area contributed by atoms with Gasteiger partial charge < -0.3 is 10.6 Å². The molecule has 3 aromatic rings. The largest absolute Gasteiger partial charge is 0.354 e. The van der Waals surface area contributed by atoms with Crippen molar-refractivity contribution in [3.63, 3.8) is 0 Å². The van der Waals surface area contributed by atoms with Crippen LogP contribution in [0, 0.1) is 27.7 Å². The molecule has 2 aromatic carbocycles. The van der Waals surface area contributed by atoms with Gasteiger partial charge in [-0.1, -0.05) is 47.5 Å². The van der Waals surface area contributed by atoms with Crippen molar-refractivity contribution in [3.05, 3.63) is 69.5 Å². The molecule has 27 heavy (non-hydrogen) atoms. The van der Waals surface area contributed by atoms with Gasteiger partial charge in [-0.15, -0.1) is 0 Å². The number of aryl methyl sites for hydroxylation is 4. The summed E-state index contributed by atoms with van der Waals surface area (Å²) < 4.78 is 0. The van der Waals surface area contributed by atoms with Crippen LogP contribution in [0.15, 0.2) is 36.4 Å². The smallest absolute Gasteiger partial charge is 0.232 e. The minimum atomic E-state index is 0.540. The Morgan fingerprint density at radius 3 is 2.26 bits per heavy atom. The average Bonchev–Trinajstić information content (AvgIpc) is 2.59. The van der Waals surface area contributed by atoms with Crippen molar-refractivity contribution in [2.75, 3.05) is 17.2 Å². The van der Waals surface area contributed by atoms with E-state index in [1.165, 1.54) is 16.7 Å². The molecule has 5 nitrogen and oxygen atoms in total. The summed E-state index contributed by atoms with van der Waals surface area (Å²) in [5.41, 5.74) is 5.71. The van der Waals surface area contributed by atoms with Crippen molar-refractivity contribution in [2.45, 2.75) is 34.1 Å². The van der Waals surface area contributed by atoms with E-state index in [9.17, 15) is 0 Å². The van der Waals surface area contributed by atoms with Crippen LogP contribution in [0.2, 0.25) is 5.02 Å². The van der Waals surface area contributed by atoms with E-state index in [1.54, 1.807) is 0 Å². The Balaban J connectivity index is 1.72. The van der Waals surface area contributed by atoms with Gasteiger partial charge in [-0.2, -0.15) is 15.0 Å². The standard InChI is InChI=1S/C21H24ClN5/c1-13-11-14(2)19(15(3)12-13)26-21-25-16(4)24-20(27-21)23-10-9-17-7-5-6-8-18(17)22/h5-8,11-12H,9-10H2,1-4H3,(H2,23,24,25,26,27). The first kappa shape index (κ1) is 19.1. The van der Waals surface area contributed by atoms with Crippen molar-refractivity contribution in [1.29, 1.82) is 0 Å². The fourth-order valence-corrected chi connectivity index (χ4v) is 3.35. The van der Waals surface area contributed by atoms with Crippen LogP contribution >= 0.6 is 11.6 Å². The zero-order valence-corrected chi connectivity index (χ0v) is 16.9. The summed E-state index contributed by atoms with van der Waals surface area (Å²) in [7, 11) is 0. The molecule has 1 aromatic heterocycles. The van der Waals surface area contributed by atoms with Gasteiger partial charge in [0.15, 0.2) is 0 Å². The number of benzene rings is 2. The van der Waals surface area contributed by atoms with Crippen LogP contribution in [0.25, 0.3) is 0 Å². The molecule has 2 N–H and O–H groups in total. The van der Waals surface area contributed by atoms with Gasteiger partial charge in [-0.25, -0.2) is 0 Å². The first-order valence-electron chi connectivity index (χ1n) is 8.97. The predicted molar refractivity (Wildman–Crippen MR) is 112 cm³/mol. The highest BCUT2D eigenvalue weighted by molar-refractivity contribution is 6.31. The molecule has 0 fully saturated rings. The van der Waals surface area contributed by atoms with Crippen LogP contribution in [-0.2, 0) is 6.42 Å². The molecule has 0 aliphatic rings. The number of nitrogens with one attached hydrogen (secondary N) is 2. The minimum Gasteiger partial charge on any atom is -0.354 e. The number of rotatable bonds is 6. The molecule has 0 spiro atoms. The molecule has 0 radical (unpaired) electrons. The molecule has 0 atom stereocenters. The van der Waals surface area contributed by atoms with Crippen LogP contribution in [0.4, 0.5) is 17.6 Å². The SMILES string of the molecule is Cc1cc(C)c(Nc2nc(C)nc(NCCc3ccccc3Cl)n2)c(C)c1. The van der Waals surface area contributed by atoms with Crippen molar-refractivity contribution in [2.24, 2.45) is 0 Å². The van der Waals surface area contributed by atoms with Gasteiger partial charge in [0.25, 0.3) is 0 Å². The summed E-state index contributed by atoms with van der Waals surface area (Å²) in [5.74, 6) is 1.76. The molecule has 0 unspecified atom stereocenters. The third kappa shape index (κ3) is 4.95. The highest BCUT2D eigenvalue weighted by Gasteiger charge is 2.09. The van der Waals surface area contributed by atoms with Crippen molar-refractivity contribution >= 4 is 29.2 Å². The van der Waals surface area contributed by atoms with E-state index >= 15 is 0 Å². The van der Waals surface area contributed by atoms with Crippen LogP contribution in [-0.4, -0.2) is 21.5 Å². The number of hydrogen-bond donors (Lipinski definition) is 2. The maximum atomic E-state index is 6.21. The van der Waals surface area contributed by atoms with E-state index in [1.807, 2.05) is 31.2 Å². The molecule has 0 amide bonds. The van der Waals surface area contributed by atoms with Crippen LogP contribution < -0.4 is 10.6 Å². The quantitative estimate of drug-likeness (QED) is 0.617. The molecular weight excluding hydrogens is 358 g/mol. The summed E-state index contributed by atoms with van der Waals surface area (Å²) >= 11 is 6.21. The van der Waals surface area contributed by atoms with Crippen LogP contribution in [0.1, 0.15) is 28.1 Å². The Kier molecular flexibility index (Phi) is 5.91. The maximum absolute atomic E-state index is 6.21. The van der Waals surface area contributed by atoms with Crippen molar-refractivity contribution < 1.29 is 0 Å². The second-order valence-corrected chi connectivity index (χ2v) is 7.10. The molecule has 0 bridgehead atoms. The first-order chi connectivity index (χ1) is 12.9. The normalized spacial score (nSPS) is 10.7. The topological polar surface area (TPSA) is 62.7 Å². The Labute approximate surface area is 165 Å². The van der Waals surface area contributed by atoms with E-state index in [2.05, 4.69) is 58.5 Å². The Bertz CT molecular complexity index is 932. The fraction of sp³-hybridized carbons (Fsp3) is 0.286. The zero-order valence-electron chi connectivity index (χ0n) is 16.1. The number of anilines is 3. The number of halogens is 1. The van der Waals surface area contributed by atoms with E-state index in [0.717, 1.165) is 22.7 Å². The highest BCUT2D eigenvalue weighted by Crippen LogP contribution is 2.24. The summed E-state index contributed by atoms with van der Waals surface area (Å²) in [6.07, 6.45) is 0.795. The van der Waals surface area contributed by atoms with Crippen LogP contribution in [0.5, 0.6) is 0 Å². The number of hydrogen-bond acceptors (Lipinski definition) is 5. The van der Waals surface area contributed by atoms with Gasteiger partial charge in [0, 0.05) is 17.3 Å². The molecule has 6 heteroatoms.